The Bertz CT molecular complexity index is 926. The maximum absolute atomic E-state index is 11.9. The number of nitrogens with one attached hydrogen (secondary N) is 1. The maximum Gasteiger partial charge on any atom is 0.296 e. The Balaban J connectivity index is 1.56. The van der Waals surface area contributed by atoms with E-state index in [1.165, 1.54) is 10.9 Å². The van der Waals surface area contributed by atoms with Gasteiger partial charge in [0.2, 0.25) is 0 Å². The number of imidazole rings is 1. The van der Waals surface area contributed by atoms with Gasteiger partial charge in [-0.25, -0.2) is 4.98 Å². The van der Waals surface area contributed by atoms with Gasteiger partial charge in [0.1, 0.15) is 6.10 Å². The van der Waals surface area contributed by atoms with Gasteiger partial charge in [-0.3, -0.25) is 14.3 Å². The lowest BCUT2D eigenvalue weighted by atomic mass is 10.0. The molecular weight excluding hydrogens is 419 g/mol. The summed E-state index contributed by atoms with van der Waals surface area (Å²) in [5.74, 6) is 1.80. The summed E-state index contributed by atoms with van der Waals surface area (Å²) in [7, 11) is 0. The molecular formula is C13H17N4O5PS3. The highest BCUT2D eigenvalue weighted by atomic mass is 33.2. The molecule has 2 aliphatic rings. The van der Waals surface area contributed by atoms with E-state index in [4.69, 9.17) is 21.1 Å². The fraction of sp³-hybridized carbons (Fsp3) is 0.615. The molecule has 4 heterocycles. The first-order valence-electron chi connectivity index (χ1n) is 7.91. The number of nitrogens with zero attached hydrogens (tertiary/aromatic N) is 3. The normalized spacial score (nSPS) is 31.0. The zero-order valence-electron chi connectivity index (χ0n) is 13.6. The van der Waals surface area contributed by atoms with Crippen LogP contribution in [-0.2, 0) is 21.1 Å². The van der Waals surface area contributed by atoms with Gasteiger partial charge in [0, 0.05) is 17.4 Å². The number of rotatable bonds is 4. The van der Waals surface area contributed by atoms with Crippen molar-refractivity contribution in [1.29, 1.82) is 0 Å². The monoisotopic (exact) mass is 436 g/mol. The van der Waals surface area contributed by atoms with E-state index in [0.29, 0.717) is 6.61 Å². The molecule has 2 aromatic heterocycles. The molecule has 0 bridgehead atoms. The smallest absolute Gasteiger partial charge is 0.296 e. The standard InChI is InChI=1S/C13H17N4O5PS3/c1-6-7(4-21-23(24)25-2-3-26-23)22-12(9(6)18)17-5-14-8-10(17)15-13(20)16-11(8)19/h5-7,9,12,18H,2-4H2,1H3,(H2,15,16,19,20)/t6-,7-,9-,12-/m1/s1. The van der Waals surface area contributed by atoms with Crippen molar-refractivity contribution in [2.45, 2.75) is 25.4 Å². The second kappa shape index (κ2) is 7.08. The quantitative estimate of drug-likeness (QED) is 0.607. The summed E-state index contributed by atoms with van der Waals surface area (Å²) in [4.78, 5) is 22.0. The van der Waals surface area contributed by atoms with E-state index < -0.39 is 28.6 Å². The van der Waals surface area contributed by atoms with E-state index in [2.05, 4.69) is 15.0 Å². The molecule has 142 valence electrons. The van der Waals surface area contributed by atoms with Gasteiger partial charge in [-0.2, -0.15) is 4.98 Å². The molecule has 0 saturated carbocycles. The molecule has 0 aliphatic carbocycles. The molecule has 4 atom stereocenters. The van der Waals surface area contributed by atoms with Gasteiger partial charge in [0.25, 0.3) is 11.6 Å². The van der Waals surface area contributed by atoms with Crippen LogP contribution in [0.25, 0.3) is 11.2 Å². The topological polar surface area (TPSA) is 122 Å². The second-order valence-corrected chi connectivity index (χ2v) is 16.8. The predicted molar refractivity (Wildman–Crippen MR) is 104 cm³/mol. The van der Waals surface area contributed by atoms with Crippen molar-refractivity contribution in [3.05, 3.63) is 16.7 Å². The first kappa shape index (κ1) is 18.7. The van der Waals surface area contributed by atoms with E-state index in [-0.39, 0.29) is 23.2 Å². The van der Waals surface area contributed by atoms with Gasteiger partial charge in [-0.1, -0.05) is 29.7 Å². The molecule has 3 N–H and O–H groups in total. The van der Waals surface area contributed by atoms with Crippen LogP contribution < -0.4 is 5.56 Å². The number of ether oxygens (including phenoxy) is 1. The highest BCUT2D eigenvalue weighted by Gasteiger charge is 2.43. The first-order chi connectivity index (χ1) is 12.4. The third kappa shape index (κ3) is 3.32. The number of aromatic amines is 1. The lowest BCUT2D eigenvalue weighted by molar-refractivity contribution is -0.0447. The summed E-state index contributed by atoms with van der Waals surface area (Å²) in [6.07, 6.45) is -0.585. The minimum absolute atomic E-state index is 0.0696. The largest absolute Gasteiger partial charge is 0.480 e. The molecule has 0 radical (unpaired) electrons. The van der Waals surface area contributed by atoms with Crippen LogP contribution >= 0.6 is 27.4 Å². The van der Waals surface area contributed by atoms with Crippen LogP contribution in [0.1, 0.15) is 13.2 Å². The van der Waals surface area contributed by atoms with Crippen LogP contribution in [0, 0.1) is 5.92 Å². The summed E-state index contributed by atoms with van der Waals surface area (Å²) < 4.78 is 11.5. The summed E-state index contributed by atoms with van der Waals surface area (Å²) in [6.45, 7) is 2.18. The Morgan fingerprint density at radius 2 is 2.27 bits per heavy atom. The first-order valence-corrected chi connectivity index (χ1v) is 13.8. The molecule has 2 aromatic rings. The average molecular weight is 436 g/mol. The number of aliphatic hydroxyl groups excluding tert-OH is 1. The summed E-state index contributed by atoms with van der Waals surface area (Å²) in [6, 6.07) is -0.516. The number of aliphatic hydroxyl groups is 1. The van der Waals surface area contributed by atoms with Crippen molar-refractivity contribution in [3.8, 4) is 6.01 Å². The van der Waals surface area contributed by atoms with Gasteiger partial charge in [0.15, 0.2) is 22.1 Å². The van der Waals surface area contributed by atoms with Crippen molar-refractivity contribution in [1.82, 2.24) is 19.5 Å². The highest BCUT2D eigenvalue weighted by Crippen LogP contribution is 2.74. The van der Waals surface area contributed by atoms with E-state index in [1.807, 2.05) is 6.92 Å². The van der Waals surface area contributed by atoms with Gasteiger partial charge >= 0.3 is 0 Å². The summed E-state index contributed by atoms with van der Waals surface area (Å²) in [5, 5.41) is 20.2. The van der Waals surface area contributed by atoms with Crippen molar-refractivity contribution in [2.75, 3.05) is 18.1 Å². The Hall–Kier alpha value is -0.620. The lowest BCUT2D eigenvalue weighted by Crippen LogP contribution is -2.25. The van der Waals surface area contributed by atoms with E-state index in [9.17, 15) is 15.0 Å². The van der Waals surface area contributed by atoms with Crippen LogP contribution in [0.4, 0.5) is 0 Å². The lowest BCUT2D eigenvalue weighted by Gasteiger charge is -2.19. The third-order valence-corrected chi connectivity index (χ3v) is 14.3. The van der Waals surface area contributed by atoms with Gasteiger partial charge < -0.3 is 19.5 Å². The van der Waals surface area contributed by atoms with Crippen LogP contribution in [0.3, 0.4) is 0 Å². The molecule has 0 spiro atoms. The minimum Gasteiger partial charge on any atom is -0.480 e. The van der Waals surface area contributed by atoms with Crippen molar-refractivity contribution in [3.63, 3.8) is 0 Å². The van der Waals surface area contributed by atoms with Crippen LogP contribution in [0.5, 0.6) is 6.01 Å². The number of aromatic nitrogens is 4. The fourth-order valence-corrected chi connectivity index (χ4v) is 11.8. The molecule has 0 amide bonds. The molecule has 26 heavy (non-hydrogen) atoms. The molecule has 0 aromatic carbocycles. The maximum atomic E-state index is 11.9. The van der Waals surface area contributed by atoms with Crippen molar-refractivity contribution in [2.24, 2.45) is 5.92 Å². The van der Waals surface area contributed by atoms with E-state index in [1.54, 1.807) is 22.8 Å². The van der Waals surface area contributed by atoms with Gasteiger partial charge in [-0.05, 0) is 11.8 Å². The third-order valence-electron chi connectivity index (χ3n) is 4.40. The molecule has 9 nitrogen and oxygen atoms in total. The average Bonchev–Trinajstić information content (AvgIpc) is 3.27. The fourth-order valence-electron chi connectivity index (χ4n) is 2.96. The number of fused-ring (bicyclic) bond motifs is 1. The number of hydrogen-bond acceptors (Lipinski definition) is 10. The van der Waals surface area contributed by atoms with Crippen molar-refractivity contribution >= 4 is 50.4 Å². The molecule has 13 heteroatoms. The zero-order valence-corrected chi connectivity index (χ0v) is 17.0. The molecule has 4 rings (SSSR count). The molecule has 2 fully saturated rings. The zero-order chi connectivity index (χ0) is 18.5. The minimum atomic E-state index is -1.91. The summed E-state index contributed by atoms with van der Waals surface area (Å²) >= 11 is 8.96. The Morgan fingerprint density at radius 3 is 3.00 bits per heavy atom. The van der Waals surface area contributed by atoms with Gasteiger partial charge in [0.05, 0.1) is 19.0 Å². The van der Waals surface area contributed by atoms with E-state index in [0.717, 1.165) is 11.5 Å². The SMILES string of the molecule is C[C@H]1[C@@H](O)[C@H](n2cnc3c(=O)[nH]c(O)nc32)O[C@@H]1COP1(=S)SCCS1. The summed E-state index contributed by atoms with van der Waals surface area (Å²) in [5.41, 5.74) is -0.335. The molecule has 0 unspecified atom stereocenters. The van der Waals surface area contributed by atoms with Crippen LogP contribution in [0.2, 0.25) is 0 Å². The van der Waals surface area contributed by atoms with Crippen molar-refractivity contribution < 1.29 is 19.5 Å². The molecule has 2 aliphatic heterocycles. The predicted octanol–water partition coefficient (Wildman–Crippen LogP) is 1.44. The van der Waals surface area contributed by atoms with Crippen LogP contribution in [-0.4, -0.2) is 60.1 Å². The number of aromatic hydroxyl groups is 1. The highest BCUT2D eigenvalue weighted by molar-refractivity contribution is 9.00. The Labute approximate surface area is 161 Å². The Kier molecular flexibility index (Phi) is 5.10. The van der Waals surface area contributed by atoms with Crippen LogP contribution in [0.15, 0.2) is 11.1 Å². The van der Waals surface area contributed by atoms with E-state index >= 15 is 0 Å². The number of hydrogen-bond donors (Lipinski definition) is 3. The second-order valence-electron chi connectivity index (χ2n) is 6.04. The number of H-pyrrole nitrogens is 1. The molecule has 2 saturated heterocycles. The Morgan fingerprint density at radius 1 is 1.54 bits per heavy atom. The van der Waals surface area contributed by atoms with Gasteiger partial charge in [-0.15, -0.1) is 0 Å².